The molecule has 35 heavy (non-hydrogen) atoms. The highest BCUT2D eigenvalue weighted by Gasteiger charge is 2.55. The second kappa shape index (κ2) is 10.8. The molecule has 2 amide bonds. The molecule has 0 bridgehead atoms. The third-order valence-electron chi connectivity index (χ3n) is 4.66. The van der Waals surface area contributed by atoms with Crippen molar-refractivity contribution in [2.45, 2.75) is 23.3 Å². The molecular formula is C17H20F3N5O8S2. The first-order valence-electron chi connectivity index (χ1n) is 9.24. The number of nitrogens with one attached hydrogen (secondary N) is 1. The molecule has 3 rings (SSSR count). The van der Waals surface area contributed by atoms with Gasteiger partial charge in [0.15, 0.2) is 5.13 Å². The van der Waals surface area contributed by atoms with Gasteiger partial charge in [-0.3, -0.25) is 20.2 Å². The zero-order valence-electron chi connectivity index (χ0n) is 18.0. The predicted octanol–water partition coefficient (Wildman–Crippen LogP) is -0.498. The minimum Gasteiger partial charge on any atom is -0.477 e. The highest BCUT2D eigenvalue weighted by molar-refractivity contribution is 8.00. The maximum atomic E-state index is 12.7. The zero-order valence-corrected chi connectivity index (χ0v) is 19.6. The van der Waals surface area contributed by atoms with Gasteiger partial charge in [0.25, 0.3) is 11.8 Å². The first-order valence-corrected chi connectivity index (χ1v) is 11.2. The van der Waals surface area contributed by atoms with Gasteiger partial charge in [-0.25, -0.2) is 14.6 Å². The van der Waals surface area contributed by atoms with Crippen LogP contribution in [-0.4, -0.2) is 88.0 Å². The number of halogens is 3. The van der Waals surface area contributed by atoms with Crippen LogP contribution in [0.15, 0.2) is 16.7 Å². The van der Waals surface area contributed by atoms with Crippen LogP contribution in [-0.2, 0) is 34.4 Å². The average molecular weight is 544 g/mol. The smallest absolute Gasteiger partial charge is 0.477 e. The topological polar surface area (TPSA) is 207 Å². The number of nitrogens with two attached hydrogens (primary N) is 2. The minimum absolute atomic E-state index is 0.100. The Morgan fingerprint density at radius 3 is 2.34 bits per heavy atom. The molecule has 1 aromatic rings. The van der Waals surface area contributed by atoms with Gasteiger partial charge in [-0.05, 0) is 5.57 Å². The Labute approximate surface area is 203 Å². The van der Waals surface area contributed by atoms with Crippen LogP contribution >= 0.6 is 23.1 Å². The number of alkyl halides is 3. The summed E-state index contributed by atoms with van der Waals surface area (Å²) < 4.78 is 41.9. The Morgan fingerprint density at radius 2 is 1.91 bits per heavy atom. The number of β-lactam (4-membered cyclic amide) rings is 1. The second-order valence-corrected chi connectivity index (χ2v) is 8.86. The monoisotopic (exact) mass is 543 g/mol. The van der Waals surface area contributed by atoms with Crippen molar-refractivity contribution in [2.75, 3.05) is 32.3 Å². The Kier molecular flexibility index (Phi) is 8.71. The van der Waals surface area contributed by atoms with Crippen molar-refractivity contribution in [2.24, 2.45) is 5.73 Å². The van der Waals surface area contributed by atoms with E-state index in [1.165, 1.54) is 31.4 Å². The van der Waals surface area contributed by atoms with Crippen LogP contribution < -0.4 is 16.8 Å². The predicted molar refractivity (Wildman–Crippen MR) is 115 cm³/mol. The Bertz CT molecular complexity index is 1050. The van der Waals surface area contributed by atoms with Crippen molar-refractivity contribution >= 4 is 52.0 Å². The van der Waals surface area contributed by atoms with Crippen molar-refractivity contribution in [3.63, 3.8) is 0 Å². The molecule has 0 spiro atoms. The van der Waals surface area contributed by atoms with Crippen molar-refractivity contribution in [3.05, 3.63) is 22.3 Å². The quantitative estimate of drug-likeness (QED) is 0.218. The standard InChI is InChI=1S/C15H19N5O6S2.C2HF3O2/c1-25-3-6-4-27-11-8(10(21)20(11)9(6)12(22)23)19-13(24)15(17,26-2)7-5-28-14(16)18-7;3-2(4,5)1(6)7/h5,8,11H,3-4,17H2,1-2H3,(H2,16,18)(H,19,24)(H,22,23);(H,6,7)/t8?,11-,15?;/m1./s1. The summed E-state index contributed by atoms with van der Waals surface area (Å²) in [5.74, 6) is -4.95. The molecule has 0 radical (unpaired) electrons. The summed E-state index contributed by atoms with van der Waals surface area (Å²) in [6, 6.07) is -0.940. The molecule has 0 saturated carbocycles. The van der Waals surface area contributed by atoms with Crippen LogP contribution in [0.1, 0.15) is 5.69 Å². The zero-order chi connectivity index (χ0) is 26.7. The van der Waals surface area contributed by atoms with Crippen molar-refractivity contribution in [1.29, 1.82) is 0 Å². The molecule has 13 nitrogen and oxygen atoms in total. The highest BCUT2D eigenvalue weighted by Crippen LogP contribution is 2.40. The van der Waals surface area contributed by atoms with Gasteiger partial charge in [0.1, 0.15) is 22.8 Å². The molecule has 194 valence electrons. The number of amides is 2. The molecule has 0 aromatic carbocycles. The number of hydrogen-bond donors (Lipinski definition) is 5. The van der Waals surface area contributed by atoms with Gasteiger partial charge >= 0.3 is 18.1 Å². The average Bonchev–Trinajstić information content (AvgIpc) is 3.22. The fourth-order valence-corrected chi connectivity index (χ4v) is 4.93. The van der Waals surface area contributed by atoms with Gasteiger partial charge in [0.05, 0.1) is 6.61 Å². The summed E-state index contributed by atoms with van der Waals surface area (Å²) >= 11 is 2.42. The Hall–Kier alpha value is -2.93. The fourth-order valence-electron chi connectivity index (χ4n) is 2.99. The van der Waals surface area contributed by atoms with Crippen LogP contribution in [0.5, 0.6) is 0 Å². The first-order chi connectivity index (χ1) is 16.2. The van der Waals surface area contributed by atoms with E-state index in [4.69, 9.17) is 30.8 Å². The van der Waals surface area contributed by atoms with E-state index in [-0.39, 0.29) is 23.1 Å². The molecule has 7 N–H and O–H groups in total. The van der Waals surface area contributed by atoms with E-state index in [2.05, 4.69) is 10.3 Å². The lowest BCUT2D eigenvalue weighted by Crippen LogP contribution is -2.72. The number of carbonyl (C=O) groups excluding carboxylic acids is 2. The number of hydrogen-bond acceptors (Lipinski definition) is 11. The first kappa shape index (κ1) is 28.3. The van der Waals surface area contributed by atoms with E-state index < -0.39 is 47.1 Å². The van der Waals surface area contributed by atoms with E-state index in [0.29, 0.717) is 11.3 Å². The van der Waals surface area contributed by atoms with E-state index in [9.17, 15) is 32.7 Å². The van der Waals surface area contributed by atoms with Crippen molar-refractivity contribution < 1.29 is 52.0 Å². The molecule has 3 heterocycles. The lowest BCUT2D eigenvalue weighted by atomic mass is 10.0. The van der Waals surface area contributed by atoms with Crippen LogP contribution in [0.2, 0.25) is 0 Å². The number of anilines is 1. The number of nitrogens with zero attached hydrogens (tertiary/aromatic N) is 2. The summed E-state index contributed by atoms with van der Waals surface area (Å²) in [4.78, 5) is 51.0. The van der Waals surface area contributed by atoms with E-state index >= 15 is 0 Å². The number of thioether (sulfide) groups is 1. The van der Waals surface area contributed by atoms with Crippen LogP contribution in [0.3, 0.4) is 0 Å². The van der Waals surface area contributed by atoms with Gasteiger partial charge in [-0.15, -0.1) is 23.1 Å². The van der Waals surface area contributed by atoms with E-state index in [1.807, 2.05) is 0 Å². The number of carbonyl (C=O) groups is 4. The largest absolute Gasteiger partial charge is 0.490 e. The summed E-state index contributed by atoms with van der Waals surface area (Å²) in [5.41, 5.74) is 10.2. The third kappa shape index (κ3) is 5.84. The number of aromatic nitrogens is 1. The van der Waals surface area contributed by atoms with Gasteiger partial charge in [-0.2, -0.15) is 13.2 Å². The molecule has 2 aliphatic rings. The molecule has 0 aliphatic carbocycles. The van der Waals surface area contributed by atoms with Crippen molar-refractivity contribution in [3.8, 4) is 0 Å². The number of rotatable bonds is 7. The van der Waals surface area contributed by atoms with Crippen LogP contribution in [0.25, 0.3) is 0 Å². The maximum Gasteiger partial charge on any atom is 0.490 e. The van der Waals surface area contributed by atoms with Gasteiger partial charge < -0.3 is 30.7 Å². The number of ether oxygens (including phenoxy) is 2. The lowest BCUT2D eigenvalue weighted by Gasteiger charge is -2.49. The van der Waals surface area contributed by atoms with Crippen LogP contribution in [0.4, 0.5) is 18.3 Å². The lowest BCUT2D eigenvalue weighted by molar-refractivity contribution is -0.192. The normalized spacial score (nSPS) is 21.2. The van der Waals surface area contributed by atoms with Crippen LogP contribution in [0, 0.1) is 0 Å². The van der Waals surface area contributed by atoms with Gasteiger partial charge in [0, 0.05) is 25.4 Å². The minimum atomic E-state index is -5.08. The SMILES string of the molecule is COCC1=C(C(=O)O)N2C(=O)C(NC(=O)C(N)(OC)c3csc(N)n3)[C@H]2SC1.O=C(O)C(F)(F)F. The second-order valence-electron chi connectivity index (χ2n) is 6.86. The van der Waals surface area contributed by atoms with Gasteiger partial charge in [0.2, 0.25) is 5.72 Å². The number of aliphatic carboxylic acids is 2. The summed E-state index contributed by atoms with van der Waals surface area (Å²) in [7, 11) is 2.68. The number of thiazole rings is 1. The molecule has 1 saturated heterocycles. The van der Waals surface area contributed by atoms with E-state index in [0.717, 1.165) is 16.2 Å². The van der Waals surface area contributed by atoms with Gasteiger partial charge in [-0.1, -0.05) is 0 Å². The molecule has 1 fully saturated rings. The summed E-state index contributed by atoms with van der Waals surface area (Å²) in [6.45, 7) is 0.100. The highest BCUT2D eigenvalue weighted by atomic mass is 32.2. The maximum absolute atomic E-state index is 12.7. The number of carboxylic acids is 2. The molecule has 2 unspecified atom stereocenters. The Morgan fingerprint density at radius 1 is 1.31 bits per heavy atom. The number of methoxy groups -OCH3 is 2. The molecular weight excluding hydrogens is 523 g/mol. The number of carboxylic acid groups (broad SMARTS) is 2. The van der Waals surface area contributed by atoms with E-state index in [1.54, 1.807) is 0 Å². The molecule has 1 aromatic heterocycles. The number of fused-ring (bicyclic) bond motifs is 1. The van der Waals surface area contributed by atoms with Crippen molar-refractivity contribution in [1.82, 2.24) is 15.2 Å². The molecule has 18 heteroatoms. The third-order valence-corrected chi connectivity index (χ3v) is 6.67. The molecule has 2 aliphatic heterocycles. The number of nitrogen functional groups attached to an aromatic ring is 1. The summed E-state index contributed by atoms with van der Waals surface area (Å²) in [5, 5.41) is 20.3. The Balaban J connectivity index is 0.000000540. The molecule has 3 atom stereocenters. The summed E-state index contributed by atoms with van der Waals surface area (Å²) in [6.07, 6.45) is -5.08. The fraction of sp³-hybridized carbons (Fsp3) is 0.471.